The number of hydrogen-bond donors (Lipinski definition) is 3. The molecule has 2 fully saturated rings. The van der Waals surface area contributed by atoms with E-state index in [4.69, 9.17) is 28.8 Å². The number of benzene rings is 2. The van der Waals surface area contributed by atoms with Crippen LogP contribution < -0.4 is 10.6 Å². The van der Waals surface area contributed by atoms with Crippen LogP contribution in [0.2, 0.25) is 0 Å². The maximum absolute atomic E-state index is 13.7. The molecule has 4 atom stereocenters. The zero-order valence-corrected chi connectivity index (χ0v) is 33.4. The molecule has 13 nitrogen and oxygen atoms in total. The van der Waals surface area contributed by atoms with Crippen molar-refractivity contribution in [2.24, 2.45) is 5.41 Å². The fourth-order valence-electron chi connectivity index (χ4n) is 7.18. The average Bonchev–Trinajstić information content (AvgIpc) is 3.70. The molecular weight excluding hydrogens is 732 g/mol. The molecule has 2 aromatic rings. The molecule has 0 aromatic heterocycles. The Kier molecular flexibility index (Phi) is 15.2. The Morgan fingerprint density at radius 2 is 1.61 bits per heavy atom. The Hall–Kier alpha value is -4.85. The van der Waals surface area contributed by atoms with E-state index >= 15 is 0 Å². The number of nitrogens with one attached hydrogen (secondary N) is 2. The number of hydrogen-bond acceptors (Lipinski definition) is 11. The van der Waals surface area contributed by atoms with Crippen molar-refractivity contribution >= 4 is 35.8 Å². The van der Waals surface area contributed by atoms with Gasteiger partial charge in [-0.3, -0.25) is 9.59 Å². The SMILES string of the molecule is CCCCCC1(CCCCC)OC2C=C(C(=O)NCc3cccc(C(=O)NCCO)c3)CC(OC(=O)c3ccc(C=CC(=O)OC4C(=O)OCC4(C)C)cc3)C2O1. The minimum absolute atomic E-state index is 0.0972. The summed E-state index contributed by atoms with van der Waals surface area (Å²) in [6.07, 6.45) is 8.83. The molecule has 57 heavy (non-hydrogen) atoms. The molecule has 2 aliphatic heterocycles. The number of carbonyl (C=O) groups is 5. The molecule has 2 amide bonds. The number of fused-ring (bicyclic) bond motifs is 1. The van der Waals surface area contributed by atoms with Gasteiger partial charge >= 0.3 is 17.9 Å². The summed E-state index contributed by atoms with van der Waals surface area (Å²) < 4.78 is 30.0. The number of unbranched alkanes of at least 4 members (excludes halogenated alkanes) is 4. The van der Waals surface area contributed by atoms with Crippen molar-refractivity contribution < 1.29 is 52.8 Å². The van der Waals surface area contributed by atoms with Gasteiger partial charge in [-0.05, 0) is 60.4 Å². The summed E-state index contributed by atoms with van der Waals surface area (Å²) in [7, 11) is 0. The van der Waals surface area contributed by atoms with Gasteiger partial charge in [-0.2, -0.15) is 0 Å². The van der Waals surface area contributed by atoms with Gasteiger partial charge in [0, 0.05) is 55.0 Å². The van der Waals surface area contributed by atoms with E-state index in [2.05, 4.69) is 24.5 Å². The second kappa shape index (κ2) is 20.0. The van der Waals surface area contributed by atoms with Gasteiger partial charge < -0.3 is 39.4 Å². The molecule has 5 rings (SSSR count). The number of ether oxygens (including phenoxy) is 5. The number of rotatable bonds is 19. The quantitative estimate of drug-likeness (QED) is 0.0686. The van der Waals surface area contributed by atoms with Crippen molar-refractivity contribution in [2.75, 3.05) is 19.8 Å². The molecule has 308 valence electrons. The molecule has 3 N–H and O–H groups in total. The summed E-state index contributed by atoms with van der Waals surface area (Å²) in [4.78, 5) is 64.3. The van der Waals surface area contributed by atoms with Crippen molar-refractivity contribution in [3.63, 3.8) is 0 Å². The first-order valence-corrected chi connectivity index (χ1v) is 20.1. The zero-order valence-electron chi connectivity index (χ0n) is 33.4. The van der Waals surface area contributed by atoms with Crippen molar-refractivity contribution in [2.45, 2.75) is 122 Å². The summed E-state index contributed by atoms with van der Waals surface area (Å²) in [5.74, 6) is -3.42. The first-order chi connectivity index (χ1) is 27.4. The lowest BCUT2D eigenvalue weighted by atomic mass is 9.90. The highest BCUT2D eigenvalue weighted by Gasteiger charge is 2.52. The number of aliphatic hydroxyl groups is 1. The lowest BCUT2D eigenvalue weighted by molar-refractivity contribution is -0.190. The fraction of sp³-hybridized carbons (Fsp3) is 0.523. The zero-order chi connectivity index (χ0) is 41.0. The minimum atomic E-state index is -0.991. The van der Waals surface area contributed by atoms with Crippen molar-refractivity contribution in [1.29, 1.82) is 0 Å². The molecule has 4 unspecified atom stereocenters. The van der Waals surface area contributed by atoms with E-state index in [1.54, 1.807) is 68.5 Å². The van der Waals surface area contributed by atoms with Gasteiger partial charge in [0.25, 0.3) is 5.91 Å². The number of amides is 2. The Morgan fingerprint density at radius 3 is 2.26 bits per heavy atom. The summed E-state index contributed by atoms with van der Waals surface area (Å²) in [5, 5.41) is 14.6. The Balaban J connectivity index is 1.29. The van der Waals surface area contributed by atoms with Crippen molar-refractivity contribution in [1.82, 2.24) is 10.6 Å². The third-order valence-electron chi connectivity index (χ3n) is 10.4. The monoisotopic (exact) mass is 788 g/mol. The normalized spacial score (nSPS) is 22.0. The third kappa shape index (κ3) is 11.6. The van der Waals surface area contributed by atoms with E-state index in [-0.39, 0.29) is 50.1 Å². The van der Waals surface area contributed by atoms with E-state index in [1.807, 2.05) is 0 Å². The standard InChI is InChI=1S/C44H56N2O11/c1-5-7-9-20-44(21-10-8-6-2)56-35-26-33(40(50)46-27-30-12-11-13-32(24-30)39(49)45-22-23-47)25-34(37(35)57-44)54-41(51)31-17-14-29(15-18-31)16-19-36(48)55-38-42(52)53-28-43(38,3)4/h11-19,24,26,34-35,37-38,47H,5-10,20-23,25,27-28H2,1-4H3,(H,45,49)(H,46,50). The molecule has 0 bridgehead atoms. The van der Waals surface area contributed by atoms with Crippen LogP contribution in [0, 0.1) is 5.41 Å². The van der Waals surface area contributed by atoms with Gasteiger partial charge in [0.2, 0.25) is 12.0 Å². The summed E-state index contributed by atoms with van der Waals surface area (Å²) >= 11 is 0. The minimum Gasteiger partial charge on any atom is -0.462 e. The predicted molar refractivity (Wildman–Crippen MR) is 210 cm³/mol. The van der Waals surface area contributed by atoms with Crippen LogP contribution in [0.5, 0.6) is 0 Å². The van der Waals surface area contributed by atoms with Crippen molar-refractivity contribution in [3.8, 4) is 0 Å². The van der Waals surface area contributed by atoms with E-state index in [9.17, 15) is 24.0 Å². The second-order valence-electron chi connectivity index (χ2n) is 15.6. The van der Waals surface area contributed by atoms with Crippen LogP contribution in [0.1, 0.15) is 117 Å². The van der Waals surface area contributed by atoms with Gasteiger partial charge in [0.05, 0.1) is 12.2 Å². The van der Waals surface area contributed by atoms with Gasteiger partial charge in [0.1, 0.15) is 24.9 Å². The lowest BCUT2D eigenvalue weighted by Gasteiger charge is -2.31. The van der Waals surface area contributed by atoms with Crippen LogP contribution in [0.3, 0.4) is 0 Å². The van der Waals surface area contributed by atoms with Crippen molar-refractivity contribution in [3.05, 3.63) is 88.5 Å². The van der Waals surface area contributed by atoms with Crippen LogP contribution in [0.4, 0.5) is 0 Å². The highest BCUT2D eigenvalue weighted by Crippen LogP contribution is 2.43. The predicted octanol–water partition coefficient (Wildman–Crippen LogP) is 5.73. The second-order valence-corrected chi connectivity index (χ2v) is 15.6. The van der Waals surface area contributed by atoms with Crippen LogP contribution in [0.15, 0.2) is 66.3 Å². The maximum Gasteiger partial charge on any atom is 0.348 e. The van der Waals surface area contributed by atoms with Crippen LogP contribution >= 0.6 is 0 Å². The van der Waals surface area contributed by atoms with Gasteiger partial charge in [-0.15, -0.1) is 0 Å². The third-order valence-corrected chi connectivity index (χ3v) is 10.4. The molecule has 2 heterocycles. The number of aliphatic hydroxyl groups excluding tert-OH is 1. The number of esters is 3. The van der Waals surface area contributed by atoms with E-state index < -0.39 is 53.5 Å². The van der Waals surface area contributed by atoms with E-state index in [0.29, 0.717) is 35.1 Å². The number of carbonyl (C=O) groups excluding carboxylic acids is 5. The first kappa shape index (κ1) is 43.3. The van der Waals surface area contributed by atoms with E-state index in [0.717, 1.165) is 38.5 Å². The average molecular weight is 789 g/mol. The van der Waals surface area contributed by atoms with E-state index in [1.165, 1.54) is 12.2 Å². The highest BCUT2D eigenvalue weighted by atomic mass is 16.8. The molecule has 0 saturated carbocycles. The first-order valence-electron chi connectivity index (χ1n) is 20.1. The topological polar surface area (TPSA) is 176 Å². The summed E-state index contributed by atoms with van der Waals surface area (Å²) in [6, 6.07) is 13.3. The van der Waals surface area contributed by atoms with Gasteiger partial charge in [-0.1, -0.05) is 77.6 Å². The molecular formula is C44H56N2O11. The maximum atomic E-state index is 13.7. The molecule has 0 radical (unpaired) electrons. The number of cyclic esters (lactones) is 1. The molecule has 1 aliphatic carbocycles. The largest absolute Gasteiger partial charge is 0.462 e. The lowest BCUT2D eigenvalue weighted by Crippen LogP contribution is -2.43. The Bertz CT molecular complexity index is 1790. The summed E-state index contributed by atoms with van der Waals surface area (Å²) in [5.41, 5.74) is 1.77. The molecule has 0 spiro atoms. The smallest absolute Gasteiger partial charge is 0.348 e. The van der Waals surface area contributed by atoms with Crippen LogP contribution in [0.25, 0.3) is 6.08 Å². The fourth-order valence-corrected chi connectivity index (χ4v) is 7.18. The summed E-state index contributed by atoms with van der Waals surface area (Å²) in [6.45, 7) is 8.12. The Morgan fingerprint density at radius 1 is 0.895 bits per heavy atom. The molecule has 2 aromatic carbocycles. The molecule has 3 aliphatic rings. The van der Waals surface area contributed by atoms with Crippen LogP contribution in [-0.4, -0.2) is 84.8 Å². The highest BCUT2D eigenvalue weighted by molar-refractivity contribution is 5.95. The van der Waals surface area contributed by atoms with Gasteiger partial charge in [-0.25, -0.2) is 14.4 Å². The van der Waals surface area contributed by atoms with Gasteiger partial charge in [0.15, 0.2) is 5.79 Å². The molecule has 13 heteroatoms. The Labute approximate surface area is 334 Å². The van der Waals surface area contributed by atoms with Crippen LogP contribution in [-0.2, 0) is 44.6 Å². The molecule has 2 saturated heterocycles.